The fourth-order valence-corrected chi connectivity index (χ4v) is 1.99. The molecule has 1 unspecified atom stereocenters. The molecule has 2 aromatic rings. The van der Waals surface area contributed by atoms with Crippen molar-refractivity contribution in [3.05, 3.63) is 44.7 Å². The summed E-state index contributed by atoms with van der Waals surface area (Å²) in [6, 6.07) is 5.34. The maximum Gasteiger partial charge on any atom is 0.195 e. The van der Waals surface area contributed by atoms with Crippen LogP contribution in [0.25, 0.3) is 11.0 Å². The summed E-state index contributed by atoms with van der Waals surface area (Å²) in [5.41, 5.74) is 6.90. The van der Waals surface area contributed by atoms with E-state index in [1.165, 1.54) is 6.26 Å². The molecule has 1 aromatic carbocycles. The van der Waals surface area contributed by atoms with Crippen molar-refractivity contribution in [2.75, 3.05) is 0 Å². The molecule has 0 fully saturated rings. The van der Waals surface area contributed by atoms with E-state index in [1.54, 1.807) is 12.1 Å². The van der Waals surface area contributed by atoms with E-state index < -0.39 is 0 Å². The number of hydrogen-bond acceptors (Lipinski definition) is 3. The first-order valence-corrected chi connectivity index (χ1v) is 5.83. The van der Waals surface area contributed by atoms with Gasteiger partial charge in [-0.05, 0) is 31.5 Å². The van der Waals surface area contributed by atoms with Crippen LogP contribution in [0.5, 0.6) is 0 Å². The van der Waals surface area contributed by atoms with Gasteiger partial charge >= 0.3 is 0 Å². The number of nitrogens with two attached hydrogens (primary N) is 1. The highest BCUT2D eigenvalue weighted by molar-refractivity contribution is 9.10. The van der Waals surface area contributed by atoms with Crippen molar-refractivity contribution in [1.82, 2.24) is 0 Å². The van der Waals surface area contributed by atoms with Crippen LogP contribution < -0.4 is 11.2 Å². The van der Waals surface area contributed by atoms with E-state index in [-0.39, 0.29) is 11.5 Å². The second-order valence-corrected chi connectivity index (χ2v) is 4.83. The zero-order chi connectivity index (χ0) is 11.7. The highest BCUT2D eigenvalue weighted by Crippen LogP contribution is 2.17. The van der Waals surface area contributed by atoms with Gasteiger partial charge in [-0.2, -0.15) is 0 Å². The zero-order valence-electron chi connectivity index (χ0n) is 8.87. The molecule has 1 atom stereocenters. The van der Waals surface area contributed by atoms with Crippen LogP contribution in [0.3, 0.4) is 0 Å². The Bertz CT molecular complexity index is 575. The fraction of sp³-hybridized carbons (Fsp3) is 0.250. The van der Waals surface area contributed by atoms with Gasteiger partial charge in [0.15, 0.2) is 5.43 Å². The summed E-state index contributed by atoms with van der Waals surface area (Å²) in [6.07, 6.45) is 2.03. The van der Waals surface area contributed by atoms with Crippen LogP contribution in [0.15, 0.2) is 38.1 Å². The first kappa shape index (κ1) is 11.4. The Morgan fingerprint density at radius 1 is 1.50 bits per heavy atom. The predicted octanol–water partition coefficient (Wildman–Crippen LogP) is 2.45. The van der Waals surface area contributed by atoms with E-state index >= 15 is 0 Å². The van der Waals surface area contributed by atoms with E-state index in [0.29, 0.717) is 23.0 Å². The molecule has 0 amide bonds. The smallest absolute Gasteiger partial charge is 0.195 e. The molecule has 16 heavy (non-hydrogen) atoms. The Morgan fingerprint density at radius 2 is 2.25 bits per heavy atom. The lowest BCUT2D eigenvalue weighted by Gasteiger charge is -2.05. The Hall–Kier alpha value is -1.13. The van der Waals surface area contributed by atoms with Crippen LogP contribution in [-0.4, -0.2) is 6.04 Å². The van der Waals surface area contributed by atoms with Crippen LogP contribution in [-0.2, 0) is 6.42 Å². The van der Waals surface area contributed by atoms with Crippen molar-refractivity contribution in [3.8, 4) is 0 Å². The third-order valence-electron chi connectivity index (χ3n) is 2.35. The minimum absolute atomic E-state index is 0.000139. The quantitative estimate of drug-likeness (QED) is 0.920. The lowest BCUT2D eigenvalue weighted by Crippen LogP contribution is -2.22. The molecule has 0 bridgehead atoms. The number of hydrogen-bond donors (Lipinski definition) is 1. The van der Waals surface area contributed by atoms with Gasteiger partial charge in [0.25, 0.3) is 0 Å². The minimum Gasteiger partial charge on any atom is -0.464 e. The lowest BCUT2D eigenvalue weighted by atomic mass is 10.1. The Balaban J connectivity index is 2.64. The van der Waals surface area contributed by atoms with Crippen molar-refractivity contribution in [2.45, 2.75) is 19.4 Å². The van der Waals surface area contributed by atoms with Crippen molar-refractivity contribution in [2.24, 2.45) is 5.73 Å². The Morgan fingerprint density at radius 3 is 2.94 bits per heavy atom. The molecule has 0 aliphatic rings. The molecule has 0 saturated heterocycles. The van der Waals surface area contributed by atoms with Crippen molar-refractivity contribution < 1.29 is 4.42 Å². The SMILES string of the molecule is CC(N)Cc1coc2ccc(Br)cc2c1=O. The van der Waals surface area contributed by atoms with E-state index in [0.717, 1.165) is 4.47 Å². The predicted molar refractivity (Wildman–Crippen MR) is 67.5 cm³/mol. The summed E-state index contributed by atoms with van der Waals surface area (Å²) in [6.45, 7) is 1.87. The van der Waals surface area contributed by atoms with Crippen LogP contribution in [0, 0.1) is 0 Å². The Kier molecular flexibility index (Phi) is 3.12. The van der Waals surface area contributed by atoms with Crippen LogP contribution in [0.2, 0.25) is 0 Å². The van der Waals surface area contributed by atoms with E-state index in [9.17, 15) is 4.79 Å². The molecule has 0 spiro atoms. The topological polar surface area (TPSA) is 56.2 Å². The zero-order valence-corrected chi connectivity index (χ0v) is 10.5. The summed E-state index contributed by atoms with van der Waals surface area (Å²) in [5.74, 6) is 0. The van der Waals surface area contributed by atoms with Crippen LogP contribution in [0.1, 0.15) is 12.5 Å². The van der Waals surface area contributed by atoms with Gasteiger partial charge in [-0.15, -0.1) is 0 Å². The van der Waals surface area contributed by atoms with Gasteiger partial charge in [-0.3, -0.25) is 4.79 Å². The third kappa shape index (κ3) is 2.18. The van der Waals surface area contributed by atoms with Gasteiger partial charge in [-0.1, -0.05) is 15.9 Å². The van der Waals surface area contributed by atoms with E-state index in [1.807, 2.05) is 13.0 Å². The number of rotatable bonds is 2. The first-order valence-electron chi connectivity index (χ1n) is 5.03. The fourth-order valence-electron chi connectivity index (χ4n) is 1.63. The summed E-state index contributed by atoms with van der Waals surface area (Å²) in [7, 11) is 0. The van der Waals surface area contributed by atoms with E-state index in [4.69, 9.17) is 10.2 Å². The summed E-state index contributed by atoms with van der Waals surface area (Å²) in [5, 5.41) is 0.590. The van der Waals surface area contributed by atoms with Crippen molar-refractivity contribution in [1.29, 1.82) is 0 Å². The maximum absolute atomic E-state index is 12.1. The van der Waals surface area contributed by atoms with Crippen molar-refractivity contribution in [3.63, 3.8) is 0 Å². The molecule has 2 N–H and O–H groups in total. The maximum atomic E-state index is 12.1. The first-order chi connectivity index (χ1) is 7.58. The van der Waals surface area contributed by atoms with Gasteiger partial charge in [0, 0.05) is 16.1 Å². The number of benzene rings is 1. The van der Waals surface area contributed by atoms with Crippen LogP contribution in [0.4, 0.5) is 0 Å². The van der Waals surface area contributed by atoms with Gasteiger partial charge < -0.3 is 10.2 Å². The second kappa shape index (κ2) is 4.39. The second-order valence-electron chi connectivity index (χ2n) is 3.91. The molecule has 4 heteroatoms. The standard InChI is InChI=1S/C12H12BrNO2/c1-7(14)4-8-6-16-11-3-2-9(13)5-10(11)12(8)15/h2-3,5-7H,4,14H2,1H3. The number of halogens is 1. The van der Waals surface area contributed by atoms with Gasteiger partial charge in [0.2, 0.25) is 0 Å². The molecule has 1 aromatic heterocycles. The average molecular weight is 282 g/mol. The van der Waals surface area contributed by atoms with Crippen LogP contribution >= 0.6 is 15.9 Å². The van der Waals surface area contributed by atoms with Gasteiger partial charge in [0.05, 0.1) is 11.6 Å². The normalized spacial score (nSPS) is 12.9. The van der Waals surface area contributed by atoms with Gasteiger partial charge in [0.1, 0.15) is 5.58 Å². The monoisotopic (exact) mass is 281 g/mol. The number of fused-ring (bicyclic) bond motifs is 1. The highest BCUT2D eigenvalue weighted by atomic mass is 79.9. The Labute approximate surface area is 101 Å². The molecule has 3 nitrogen and oxygen atoms in total. The van der Waals surface area contributed by atoms with Crippen molar-refractivity contribution >= 4 is 26.9 Å². The minimum atomic E-state index is -0.0486. The molecule has 84 valence electrons. The molecule has 0 aliphatic heterocycles. The lowest BCUT2D eigenvalue weighted by molar-refractivity contribution is 0.585. The summed E-state index contributed by atoms with van der Waals surface area (Å²) in [4.78, 5) is 12.1. The van der Waals surface area contributed by atoms with Gasteiger partial charge in [-0.25, -0.2) is 0 Å². The van der Waals surface area contributed by atoms with E-state index in [2.05, 4.69) is 15.9 Å². The summed E-state index contributed by atoms with van der Waals surface area (Å²) >= 11 is 3.34. The molecule has 0 radical (unpaired) electrons. The molecular weight excluding hydrogens is 270 g/mol. The molecule has 2 rings (SSSR count). The molecular formula is C12H12BrNO2. The molecule has 0 saturated carbocycles. The third-order valence-corrected chi connectivity index (χ3v) is 2.84. The molecule has 0 aliphatic carbocycles. The highest BCUT2D eigenvalue weighted by Gasteiger charge is 2.08. The summed E-state index contributed by atoms with van der Waals surface area (Å²) < 4.78 is 6.27. The average Bonchev–Trinajstić information content (AvgIpc) is 2.22. The molecule has 1 heterocycles. The largest absolute Gasteiger partial charge is 0.464 e.